The van der Waals surface area contributed by atoms with Crippen LogP contribution in [0, 0.1) is 0 Å². The molecule has 0 bridgehead atoms. The monoisotopic (exact) mass is 196 g/mol. The molecule has 1 rings (SSSR count). The van der Waals surface area contributed by atoms with E-state index < -0.39 is 0 Å². The fourth-order valence-electron chi connectivity index (χ4n) is 1.10. The van der Waals surface area contributed by atoms with E-state index in [4.69, 9.17) is 0 Å². The first-order valence-electron chi connectivity index (χ1n) is 4.94. The topological polar surface area (TPSA) is 70.7 Å². The largest absolute Gasteiger partial charge is 0.356 e. The van der Waals surface area contributed by atoms with E-state index in [1.807, 2.05) is 0 Å². The van der Waals surface area contributed by atoms with Crippen molar-refractivity contribution >= 4 is 5.91 Å². The van der Waals surface area contributed by atoms with Crippen molar-refractivity contribution in [3.63, 3.8) is 0 Å². The summed E-state index contributed by atoms with van der Waals surface area (Å²) in [6.07, 6.45) is 4.79. The standard InChI is InChI=1S/C9H16N4O/c1-2-3-4-9(14)10-6-5-8-11-7-12-13-8/h7H,2-6H2,1H3,(H,10,14)(H,11,12,13). The number of hydrogen-bond donors (Lipinski definition) is 2. The Labute approximate surface area is 83.3 Å². The van der Waals surface area contributed by atoms with E-state index in [1.54, 1.807) is 0 Å². The second-order valence-corrected chi connectivity index (χ2v) is 3.14. The molecule has 0 fully saturated rings. The van der Waals surface area contributed by atoms with Gasteiger partial charge in [-0.1, -0.05) is 13.3 Å². The van der Waals surface area contributed by atoms with Gasteiger partial charge in [0.25, 0.3) is 0 Å². The Morgan fingerprint density at radius 2 is 2.50 bits per heavy atom. The predicted molar refractivity (Wildman–Crippen MR) is 52.6 cm³/mol. The Morgan fingerprint density at radius 1 is 1.64 bits per heavy atom. The number of nitrogens with one attached hydrogen (secondary N) is 2. The van der Waals surface area contributed by atoms with Crippen LogP contribution in [-0.4, -0.2) is 27.6 Å². The summed E-state index contributed by atoms with van der Waals surface area (Å²) in [7, 11) is 0. The molecule has 1 aromatic rings. The summed E-state index contributed by atoms with van der Waals surface area (Å²) in [5.41, 5.74) is 0. The van der Waals surface area contributed by atoms with Crippen LogP contribution >= 0.6 is 0 Å². The fourth-order valence-corrected chi connectivity index (χ4v) is 1.10. The van der Waals surface area contributed by atoms with Gasteiger partial charge in [-0.2, -0.15) is 5.10 Å². The van der Waals surface area contributed by atoms with Gasteiger partial charge in [0.05, 0.1) is 0 Å². The Bertz CT molecular complexity index is 258. The van der Waals surface area contributed by atoms with Gasteiger partial charge in [-0.15, -0.1) is 0 Å². The van der Waals surface area contributed by atoms with Crippen LogP contribution in [0.4, 0.5) is 0 Å². The average Bonchev–Trinajstić information content (AvgIpc) is 2.67. The maximum atomic E-state index is 11.2. The van der Waals surface area contributed by atoms with Crippen molar-refractivity contribution in [3.05, 3.63) is 12.2 Å². The molecule has 0 saturated carbocycles. The number of nitrogens with zero attached hydrogens (tertiary/aromatic N) is 2. The molecule has 0 radical (unpaired) electrons. The van der Waals surface area contributed by atoms with Gasteiger partial charge in [0, 0.05) is 19.4 Å². The van der Waals surface area contributed by atoms with E-state index in [0.717, 1.165) is 18.7 Å². The molecule has 1 amide bonds. The molecule has 0 spiro atoms. The van der Waals surface area contributed by atoms with Crippen molar-refractivity contribution < 1.29 is 4.79 Å². The second kappa shape index (κ2) is 6.12. The molecule has 0 aliphatic rings. The van der Waals surface area contributed by atoms with Crippen LogP contribution in [0.25, 0.3) is 0 Å². The van der Waals surface area contributed by atoms with Gasteiger partial charge in [0.1, 0.15) is 12.2 Å². The molecule has 2 N–H and O–H groups in total. The molecular weight excluding hydrogens is 180 g/mol. The summed E-state index contributed by atoms with van der Waals surface area (Å²) in [5.74, 6) is 0.923. The lowest BCUT2D eigenvalue weighted by atomic mass is 10.2. The molecular formula is C9H16N4O. The number of amides is 1. The minimum absolute atomic E-state index is 0.117. The Morgan fingerprint density at radius 3 is 3.14 bits per heavy atom. The highest BCUT2D eigenvalue weighted by atomic mass is 16.1. The van der Waals surface area contributed by atoms with E-state index >= 15 is 0 Å². The molecule has 0 unspecified atom stereocenters. The molecule has 0 aliphatic heterocycles. The summed E-state index contributed by atoms with van der Waals surface area (Å²) in [6, 6.07) is 0. The molecule has 0 saturated heterocycles. The van der Waals surface area contributed by atoms with E-state index in [2.05, 4.69) is 27.4 Å². The first kappa shape index (κ1) is 10.7. The van der Waals surface area contributed by atoms with E-state index in [-0.39, 0.29) is 5.91 Å². The molecule has 5 nitrogen and oxygen atoms in total. The maximum absolute atomic E-state index is 11.2. The summed E-state index contributed by atoms with van der Waals surface area (Å²) in [5, 5.41) is 9.29. The normalized spacial score (nSPS) is 10.1. The van der Waals surface area contributed by atoms with E-state index in [9.17, 15) is 4.79 Å². The fraction of sp³-hybridized carbons (Fsp3) is 0.667. The van der Waals surface area contributed by atoms with Gasteiger partial charge in [-0.3, -0.25) is 9.89 Å². The highest BCUT2D eigenvalue weighted by Crippen LogP contribution is 1.93. The molecule has 5 heteroatoms. The van der Waals surface area contributed by atoms with Crippen molar-refractivity contribution in [2.24, 2.45) is 0 Å². The minimum atomic E-state index is 0.117. The summed E-state index contributed by atoms with van der Waals surface area (Å²) in [6.45, 7) is 2.69. The lowest BCUT2D eigenvalue weighted by Gasteiger charge is -2.02. The lowest BCUT2D eigenvalue weighted by Crippen LogP contribution is -2.25. The summed E-state index contributed by atoms with van der Waals surface area (Å²) >= 11 is 0. The quantitative estimate of drug-likeness (QED) is 0.702. The number of unbranched alkanes of at least 4 members (excludes halogenated alkanes) is 1. The molecule has 14 heavy (non-hydrogen) atoms. The minimum Gasteiger partial charge on any atom is -0.356 e. The second-order valence-electron chi connectivity index (χ2n) is 3.14. The number of H-pyrrole nitrogens is 1. The van der Waals surface area contributed by atoms with Crippen molar-refractivity contribution in [3.8, 4) is 0 Å². The predicted octanol–water partition coefficient (Wildman–Crippen LogP) is 0.654. The van der Waals surface area contributed by atoms with Crippen molar-refractivity contribution in [2.45, 2.75) is 32.6 Å². The van der Waals surface area contributed by atoms with Crippen LogP contribution in [0.1, 0.15) is 32.0 Å². The van der Waals surface area contributed by atoms with Crippen molar-refractivity contribution in [1.29, 1.82) is 0 Å². The summed E-state index contributed by atoms with van der Waals surface area (Å²) < 4.78 is 0. The lowest BCUT2D eigenvalue weighted by molar-refractivity contribution is -0.121. The van der Waals surface area contributed by atoms with Crippen LogP contribution in [0.5, 0.6) is 0 Å². The van der Waals surface area contributed by atoms with Crippen LogP contribution in [0.15, 0.2) is 6.33 Å². The van der Waals surface area contributed by atoms with Gasteiger partial charge in [-0.05, 0) is 6.42 Å². The molecule has 0 atom stereocenters. The number of rotatable bonds is 6. The molecule has 1 aromatic heterocycles. The highest BCUT2D eigenvalue weighted by Gasteiger charge is 2.00. The van der Waals surface area contributed by atoms with Gasteiger partial charge < -0.3 is 5.32 Å². The van der Waals surface area contributed by atoms with E-state index in [0.29, 0.717) is 19.4 Å². The SMILES string of the molecule is CCCCC(=O)NCCc1ncn[nH]1. The van der Waals surface area contributed by atoms with Gasteiger partial charge in [0.15, 0.2) is 0 Å². The van der Waals surface area contributed by atoms with Crippen LogP contribution in [0.3, 0.4) is 0 Å². The number of carbonyl (C=O) groups excluding carboxylic acids is 1. The van der Waals surface area contributed by atoms with Crippen LogP contribution in [-0.2, 0) is 11.2 Å². The van der Waals surface area contributed by atoms with Gasteiger partial charge in [-0.25, -0.2) is 4.98 Å². The number of aromatic amines is 1. The van der Waals surface area contributed by atoms with Crippen molar-refractivity contribution in [2.75, 3.05) is 6.54 Å². The van der Waals surface area contributed by atoms with Crippen LogP contribution in [0.2, 0.25) is 0 Å². The highest BCUT2D eigenvalue weighted by molar-refractivity contribution is 5.75. The van der Waals surface area contributed by atoms with Gasteiger partial charge in [0.2, 0.25) is 5.91 Å². The number of aromatic nitrogens is 3. The van der Waals surface area contributed by atoms with E-state index in [1.165, 1.54) is 6.33 Å². The van der Waals surface area contributed by atoms with Crippen molar-refractivity contribution in [1.82, 2.24) is 20.5 Å². The van der Waals surface area contributed by atoms with Crippen LogP contribution < -0.4 is 5.32 Å². The third-order valence-corrected chi connectivity index (χ3v) is 1.91. The first-order valence-corrected chi connectivity index (χ1v) is 4.94. The summed E-state index contributed by atoms with van der Waals surface area (Å²) in [4.78, 5) is 15.1. The maximum Gasteiger partial charge on any atom is 0.220 e. The zero-order valence-corrected chi connectivity index (χ0v) is 8.42. The average molecular weight is 196 g/mol. The zero-order valence-electron chi connectivity index (χ0n) is 8.42. The zero-order chi connectivity index (χ0) is 10.2. The number of hydrogen-bond acceptors (Lipinski definition) is 3. The Hall–Kier alpha value is -1.39. The molecule has 0 aliphatic carbocycles. The smallest absolute Gasteiger partial charge is 0.220 e. The molecule has 1 heterocycles. The Balaban J connectivity index is 2.06. The molecule has 78 valence electrons. The number of carbonyl (C=O) groups is 1. The third kappa shape index (κ3) is 4.02. The third-order valence-electron chi connectivity index (χ3n) is 1.91. The Kier molecular flexibility index (Phi) is 4.68. The first-order chi connectivity index (χ1) is 6.83. The van der Waals surface area contributed by atoms with Gasteiger partial charge >= 0.3 is 0 Å². The molecule has 0 aromatic carbocycles.